The van der Waals surface area contributed by atoms with E-state index in [1.54, 1.807) is 7.11 Å². The van der Waals surface area contributed by atoms with Crippen molar-refractivity contribution in [1.82, 2.24) is 9.97 Å². The van der Waals surface area contributed by atoms with Crippen LogP contribution in [0, 0.1) is 3.57 Å². The minimum Gasteiger partial charge on any atom is -0.383 e. The van der Waals surface area contributed by atoms with Crippen LogP contribution in [0.3, 0.4) is 0 Å². The first-order valence-corrected chi connectivity index (χ1v) is 7.57. The lowest BCUT2D eigenvalue weighted by molar-refractivity contribution is 0.181. The highest BCUT2D eigenvalue weighted by Gasteiger charge is 2.13. The van der Waals surface area contributed by atoms with Gasteiger partial charge in [0, 0.05) is 12.7 Å². The zero-order chi connectivity index (χ0) is 14.8. The quantitative estimate of drug-likeness (QED) is 0.693. The maximum absolute atomic E-state index is 6.02. The normalized spacial score (nSPS) is 11.0. The van der Waals surface area contributed by atoms with Gasteiger partial charge in [-0.05, 0) is 33.4 Å². The number of nitrogen functional groups attached to an aromatic ring is 1. The number of ether oxygens (including phenoxy) is 1. The van der Waals surface area contributed by atoms with Crippen LogP contribution in [0.15, 0.2) is 42.5 Å². The lowest BCUT2D eigenvalue weighted by Gasteiger charge is -2.10. The predicted molar refractivity (Wildman–Crippen MR) is 92.8 cm³/mol. The molecule has 0 saturated carbocycles. The largest absolute Gasteiger partial charge is 0.383 e. The first-order chi connectivity index (χ1) is 10.2. The summed E-state index contributed by atoms with van der Waals surface area (Å²) in [6.45, 7) is 0.419. The van der Waals surface area contributed by atoms with E-state index in [1.807, 2.05) is 24.3 Å². The average molecular weight is 391 g/mol. The van der Waals surface area contributed by atoms with E-state index in [1.165, 1.54) is 0 Å². The van der Waals surface area contributed by atoms with Crippen LogP contribution >= 0.6 is 22.6 Å². The Balaban J connectivity index is 2.23. The Labute approximate surface area is 136 Å². The summed E-state index contributed by atoms with van der Waals surface area (Å²) in [5, 5.41) is 2.27. The molecule has 0 bridgehead atoms. The molecule has 0 aliphatic carbocycles. The van der Waals surface area contributed by atoms with Gasteiger partial charge in [0.2, 0.25) is 0 Å². The van der Waals surface area contributed by atoms with Gasteiger partial charge in [0.25, 0.3) is 0 Å². The van der Waals surface area contributed by atoms with Crippen LogP contribution in [0.25, 0.3) is 22.2 Å². The molecule has 5 heteroatoms. The third kappa shape index (κ3) is 2.71. The van der Waals surface area contributed by atoms with Gasteiger partial charge < -0.3 is 10.5 Å². The van der Waals surface area contributed by atoms with Gasteiger partial charge in [-0.25, -0.2) is 9.97 Å². The van der Waals surface area contributed by atoms with Gasteiger partial charge in [0.1, 0.15) is 5.82 Å². The van der Waals surface area contributed by atoms with E-state index in [4.69, 9.17) is 10.5 Å². The van der Waals surface area contributed by atoms with E-state index < -0.39 is 0 Å². The Morgan fingerprint density at radius 2 is 1.86 bits per heavy atom. The Hall–Kier alpha value is -1.73. The molecule has 106 valence electrons. The van der Waals surface area contributed by atoms with Gasteiger partial charge in [-0.15, -0.1) is 0 Å². The first kappa shape index (κ1) is 14.2. The first-order valence-electron chi connectivity index (χ1n) is 6.49. The Kier molecular flexibility index (Phi) is 4.03. The number of methoxy groups -OCH3 is 1. The molecule has 21 heavy (non-hydrogen) atoms. The van der Waals surface area contributed by atoms with Crippen LogP contribution < -0.4 is 5.73 Å². The fourth-order valence-corrected chi connectivity index (χ4v) is 2.68. The molecule has 0 amide bonds. The number of aromatic nitrogens is 2. The van der Waals surface area contributed by atoms with Crippen LogP contribution in [0.5, 0.6) is 0 Å². The smallest absolute Gasteiger partial charge is 0.162 e. The summed E-state index contributed by atoms with van der Waals surface area (Å²) in [6, 6.07) is 14.3. The zero-order valence-corrected chi connectivity index (χ0v) is 13.7. The lowest BCUT2D eigenvalue weighted by atomic mass is 10.0. The van der Waals surface area contributed by atoms with Gasteiger partial charge in [-0.3, -0.25) is 0 Å². The Morgan fingerprint density at radius 1 is 1.10 bits per heavy atom. The lowest BCUT2D eigenvalue weighted by Crippen LogP contribution is -2.06. The molecule has 0 unspecified atom stereocenters. The molecule has 3 rings (SSSR count). The summed E-state index contributed by atoms with van der Waals surface area (Å²) in [5.41, 5.74) is 7.81. The molecule has 0 fully saturated rings. The SMILES string of the molecule is COCc1nc(-c2cccc3ccccc23)nc(N)c1I. The molecule has 0 radical (unpaired) electrons. The van der Waals surface area contributed by atoms with E-state index in [0.717, 1.165) is 25.6 Å². The van der Waals surface area contributed by atoms with E-state index in [9.17, 15) is 0 Å². The number of nitrogens with two attached hydrogens (primary N) is 1. The number of fused-ring (bicyclic) bond motifs is 1. The minimum atomic E-state index is 0.419. The van der Waals surface area contributed by atoms with Crippen molar-refractivity contribution in [2.45, 2.75) is 6.61 Å². The highest BCUT2D eigenvalue weighted by molar-refractivity contribution is 14.1. The van der Waals surface area contributed by atoms with E-state index in [-0.39, 0.29) is 0 Å². The third-order valence-corrected chi connectivity index (χ3v) is 4.43. The molecule has 1 aromatic heterocycles. The number of halogens is 1. The molecule has 3 aromatic rings. The summed E-state index contributed by atoms with van der Waals surface area (Å²) in [7, 11) is 1.64. The number of benzene rings is 2. The second-order valence-electron chi connectivity index (χ2n) is 4.65. The van der Waals surface area contributed by atoms with Crippen LogP contribution in [0.2, 0.25) is 0 Å². The van der Waals surface area contributed by atoms with Crippen molar-refractivity contribution in [3.8, 4) is 11.4 Å². The zero-order valence-electron chi connectivity index (χ0n) is 11.5. The van der Waals surface area contributed by atoms with Gasteiger partial charge in [0.15, 0.2) is 5.82 Å². The van der Waals surface area contributed by atoms with E-state index in [0.29, 0.717) is 18.2 Å². The van der Waals surface area contributed by atoms with Crippen LogP contribution in [0.4, 0.5) is 5.82 Å². The standard InChI is InChI=1S/C16H14IN3O/c1-21-9-13-14(17)15(18)20-16(19-13)12-8-4-6-10-5-2-3-7-11(10)12/h2-8H,9H2,1H3,(H2,18,19,20). The van der Waals surface area contributed by atoms with Crippen molar-refractivity contribution in [3.05, 3.63) is 51.7 Å². The summed E-state index contributed by atoms with van der Waals surface area (Å²) in [5.74, 6) is 1.12. The number of rotatable bonds is 3. The molecule has 0 aliphatic heterocycles. The molecule has 1 heterocycles. The molecule has 0 aliphatic rings. The predicted octanol–water partition coefficient (Wildman–Crippen LogP) is 3.63. The van der Waals surface area contributed by atoms with E-state index in [2.05, 4.69) is 50.8 Å². The molecule has 0 spiro atoms. The number of nitrogens with zero attached hydrogens (tertiary/aromatic N) is 2. The van der Waals surface area contributed by atoms with Crippen molar-refractivity contribution in [1.29, 1.82) is 0 Å². The minimum absolute atomic E-state index is 0.419. The van der Waals surface area contributed by atoms with Gasteiger partial charge >= 0.3 is 0 Å². The summed E-state index contributed by atoms with van der Waals surface area (Å²) in [6.07, 6.45) is 0. The molecule has 0 atom stereocenters. The number of hydrogen-bond acceptors (Lipinski definition) is 4. The second kappa shape index (κ2) is 5.95. The monoisotopic (exact) mass is 391 g/mol. The van der Waals surface area contributed by atoms with Crippen LogP contribution in [-0.2, 0) is 11.3 Å². The molecular formula is C16H14IN3O. The third-order valence-electron chi connectivity index (χ3n) is 3.26. The molecule has 2 aromatic carbocycles. The maximum Gasteiger partial charge on any atom is 0.162 e. The fourth-order valence-electron chi connectivity index (χ4n) is 2.29. The van der Waals surface area contributed by atoms with Crippen molar-refractivity contribution >= 4 is 39.2 Å². The highest BCUT2D eigenvalue weighted by Crippen LogP contribution is 2.28. The molecule has 4 nitrogen and oxygen atoms in total. The maximum atomic E-state index is 6.02. The van der Waals surface area contributed by atoms with Gasteiger partial charge in [0.05, 0.1) is 15.9 Å². The number of hydrogen-bond donors (Lipinski definition) is 1. The number of anilines is 1. The fraction of sp³-hybridized carbons (Fsp3) is 0.125. The van der Waals surface area contributed by atoms with E-state index >= 15 is 0 Å². The van der Waals surface area contributed by atoms with Crippen LogP contribution in [0.1, 0.15) is 5.69 Å². The highest BCUT2D eigenvalue weighted by atomic mass is 127. The summed E-state index contributed by atoms with van der Waals surface area (Å²) < 4.78 is 6.04. The summed E-state index contributed by atoms with van der Waals surface area (Å²) in [4.78, 5) is 9.06. The van der Waals surface area contributed by atoms with Crippen molar-refractivity contribution in [3.63, 3.8) is 0 Å². The Bertz CT molecular complexity index is 799. The van der Waals surface area contributed by atoms with Crippen molar-refractivity contribution < 1.29 is 4.74 Å². The van der Waals surface area contributed by atoms with Crippen molar-refractivity contribution in [2.75, 3.05) is 12.8 Å². The summed E-state index contributed by atoms with van der Waals surface area (Å²) >= 11 is 2.15. The average Bonchev–Trinajstić information content (AvgIpc) is 2.51. The molecular weight excluding hydrogens is 377 g/mol. The van der Waals surface area contributed by atoms with Crippen LogP contribution in [-0.4, -0.2) is 17.1 Å². The molecule has 2 N–H and O–H groups in total. The van der Waals surface area contributed by atoms with Gasteiger partial charge in [-0.2, -0.15) is 0 Å². The second-order valence-corrected chi connectivity index (χ2v) is 5.73. The van der Waals surface area contributed by atoms with Crippen molar-refractivity contribution in [2.24, 2.45) is 0 Å². The molecule has 0 saturated heterocycles. The Morgan fingerprint density at radius 3 is 2.67 bits per heavy atom. The topological polar surface area (TPSA) is 61.0 Å². The van der Waals surface area contributed by atoms with Gasteiger partial charge in [-0.1, -0.05) is 42.5 Å².